The predicted molar refractivity (Wildman–Crippen MR) is 127 cm³/mol. The summed E-state index contributed by atoms with van der Waals surface area (Å²) in [5, 5.41) is 3.03. The number of hydrogen-bond acceptors (Lipinski definition) is 4. The summed E-state index contributed by atoms with van der Waals surface area (Å²) < 4.78 is 12.9. The van der Waals surface area contributed by atoms with Gasteiger partial charge in [0.25, 0.3) is 5.91 Å². The lowest BCUT2D eigenvalue weighted by molar-refractivity contribution is -0.126. The molecule has 33 heavy (non-hydrogen) atoms. The standard InChI is InChI=1S/C26H31N3O4/c1-5-32-15-8-14-27-25(31)26(4)17-28-21(23-11-7-16-33-23)12-13-22(28)24(30)29(26)20-10-6-9-18(2)19(20)3/h6-7,9-13,16H,5,8,14-15,17H2,1-4H3,(H,27,31). The number of amides is 2. The zero-order valence-electron chi connectivity index (χ0n) is 19.7. The van der Waals surface area contributed by atoms with Crippen LogP contribution in [0.15, 0.2) is 53.1 Å². The van der Waals surface area contributed by atoms with E-state index in [9.17, 15) is 9.59 Å². The van der Waals surface area contributed by atoms with E-state index < -0.39 is 5.54 Å². The SMILES string of the molecule is CCOCCCNC(=O)C1(C)Cn2c(ccc2-c2ccco2)C(=O)N1c1cccc(C)c1C. The van der Waals surface area contributed by atoms with E-state index in [4.69, 9.17) is 9.15 Å². The first-order valence-electron chi connectivity index (χ1n) is 11.4. The van der Waals surface area contributed by atoms with Crippen LogP contribution in [0.4, 0.5) is 5.69 Å². The average Bonchev–Trinajstić information content (AvgIpc) is 3.46. The highest BCUT2D eigenvalue weighted by molar-refractivity contribution is 6.12. The summed E-state index contributed by atoms with van der Waals surface area (Å²) in [5.41, 5.74) is 2.97. The molecular formula is C26H31N3O4. The Hall–Kier alpha value is -3.32. The first kappa shape index (κ1) is 22.9. The van der Waals surface area contributed by atoms with Crippen molar-refractivity contribution in [3.63, 3.8) is 0 Å². The van der Waals surface area contributed by atoms with Crippen LogP contribution in [-0.2, 0) is 16.1 Å². The number of benzene rings is 1. The van der Waals surface area contributed by atoms with Gasteiger partial charge < -0.3 is 19.0 Å². The summed E-state index contributed by atoms with van der Waals surface area (Å²) >= 11 is 0. The zero-order valence-corrected chi connectivity index (χ0v) is 19.7. The summed E-state index contributed by atoms with van der Waals surface area (Å²) in [4.78, 5) is 29.2. The predicted octanol–water partition coefficient (Wildman–Crippen LogP) is 4.33. The quantitative estimate of drug-likeness (QED) is 0.520. The molecule has 1 aromatic carbocycles. The Morgan fingerprint density at radius 2 is 1.94 bits per heavy atom. The number of nitrogens with zero attached hydrogens (tertiary/aromatic N) is 2. The van der Waals surface area contributed by atoms with Gasteiger partial charge in [-0.25, -0.2) is 0 Å². The van der Waals surface area contributed by atoms with Crippen molar-refractivity contribution in [1.82, 2.24) is 9.88 Å². The Morgan fingerprint density at radius 3 is 2.67 bits per heavy atom. The molecule has 7 heteroatoms. The molecule has 0 radical (unpaired) electrons. The molecule has 3 heterocycles. The molecule has 2 amide bonds. The molecule has 1 atom stereocenters. The van der Waals surface area contributed by atoms with Crippen LogP contribution in [0, 0.1) is 13.8 Å². The van der Waals surface area contributed by atoms with E-state index in [-0.39, 0.29) is 11.8 Å². The van der Waals surface area contributed by atoms with E-state index in [1.54, 1.807) is 17.2 Å². The Balaban J connectivity index is 1.76. The smallest absolute Gasteiger partial charge is 0.275 e. The molecule has 0 aliphatic carbocycles. The highest BCUT2D eigenvalue weighted by Crippen LogP contribution is 2.38. The number of ether oxygens (including phenoxy) is 1. The molecule has 0 saturated heterocycles. The highest BCUT2D eigenvalue weighted by atomic mass is 16.5. The molecule has 1 aliphatic rings. The van der Waals surface area contributed by atoms with Gasteiger partial charge in [0.2, 0.25) is 5.91 Å². The molecule has 1 aliphatic heterocycles. The van der Waals surface area contributed by atoms with E-state index in [2.05, 4.69) is 5.32 Å². The van der Waals surface area contributed by atoms with Gasteiger partial charge in [0.15, 0.2) is 0 Å². The second-order valence-electron chi connectivity index (χ2n) is 8.61. The minimum Gasteiger partial charge on any atom is -0.463 e. The fraction of sp³-hybridized carbons (Fsp3) is 0.385. The molecule has 174 valence electrons. The maximum atomic E-state index is 13.9. The van der Waals surface area contributed by atoms with Gasteiger partial charge in [-0.2, -0.15) is 0 Å². The second kappa shape index (κ2) is 9.27. The van der Waals surface area contributed by atoms with Gasteiger partial charge in [0, 0.05) is 25.4 Å². The van der Waals surface area contributed by atoms with Crippen LogP contribution in [0.3, 0.4) is 0 Å². The second-order valence-corrected chi connectivity index (χ2v) is 8.61. The lowest BCUT2D eigenvalue weighted by Crippen LogP contribution is -2.64. The van der Waals surface area contributed by atoms with Gasteiger partial charge in [-0.15, -0.1) is 0 Å². The van der Waals surface area contributed by atoms with Crippen molar-refractivity contribution in [3.05, 3.63) is 65.5 Å². The number of carbonyl (C=O) groups excluding carboxylic acids is 2. The number of nitrogens with one attached hydrogen (secondary N) is 1. The van der Waals surface area contributed by atoms with Gasteiger partial charge in [-0.3, -0.25) is 14.5 Å². The van der Waals surface area contributed by atoms with Crippen molar-refractivity contribution >= 4 is 17.5 Å². The van der Waals surface area contributed by atoms with Crippen LogP contribution in [0.5, 0.6) is 0 Å². The van der Waals surface area contributed by atoms with Gasteiger partial charge >= 0.3 is 0 Å². The number of furan rings is 1. The number of aryl methyl sites for hydroxylation is 1. The van der Waals surface area contributed by atoms with E-state index in [1.165, 1.54) is 0 Å². The topological polar surface area (TPSA) is 76.7 Å². The lowest BCUT2D eigenvalue weighted by atomic mass is 9.92. The molecule has 0 saturated carbocycles. The fourth-order valence-electron chi connectivity index (χ4n) is 4.42. The first-order chi connectivity index (χ1) is 15.9. The third-order valence-corrected chi connectivity index (χ3v) is 6.40. The summed E-state index contributed by atoms with van der Waals surface area (Å²) in [6, 6.07) is 13.2. The van der Waals surface area contributed by atoms with Crippen molar-refractivity contribution in [2.75, 3.05) is 24.7 Å². The monoisotopic (exact) mass is 449 g/mol. The minimum atomic E-state index is -1.13. The minimum absolute atomic E-state index is 0.196. The molecule has 0 bridgehead atoms. The van der Waals surface area contributed by atoms with Crippen molar-refractivity contribution in [3.8, 4) is 11.5 Å². The number of aromatic nitrogens is 1. The van der Waals surface area contributed by atoms with Crippen LogP contribution in [0.25, 0.3) is 11.5 Å². The van der Waals surface area contributed by atoms with Crippen molar-refractivity contribution in [2.45, 2.75) is 46.2 Å². The van der Waals surface area contributed by atoms with Crippen LogP contribution in [0.1, 0.15) is 41.9 Å². The van der Waals surface area contributed by atoms with Gasteiger partial charge in [0.05, 0.1) is 18.5 Å². The largest absolute Gasteiger partial charge is 0.463 e. The van der Waals surface area contributed by atoms with Gasteiger partial charge in [-0.05, 0) is 75.6 Å². The molecule has 0 fully saturated rings. The third-order valence-electron chi connectivity index (χ3n) is 6.40. The first-order valence-corrected chi connectivity index (χ1v) is 11.4. The summed E-state index contributed by atoms with van der Waals surface area (Å²) in [7, 11) is 0. The lowest BCUT2D eigenvalue weighted by Gasteiger charge is -2.44. The molecule has 7 nitrogen and oxygen atoms in total. The zero-order chi connectivity index (χ0) is 23.6. The molecule has 3 aromatic rings. The number of rotatable bonds is 8. The van der Waals surface area contributed by atoms with E-state index in [1.807, 2.05) is 68.7 Å². The molecule has 1 unspecified atom stereocenters. The van der Waals surface area contributed by atoms with Crippen LogP contribution in [-0.4, -0.2) is 41.7 Å². The highest BCUT2D eigenvalue weighted by Gasteiger charge is 2.49. The normalized spacial score (nSPS) is 17.8. The van der Waals surface area contributed by atoms with Crippen molar-refractivity contribution in [1.29, 1.82) is 0 Å². The molecule has 0 spiro atoms. The molecule has 4 rings (SSSR count). The van der Waals surface area contributed by atoms with E-state index in [0.717, 1.165) is 22.5 Å². The summed E-state index contributed by atoms with van der Waals surface area (Å²) in [6.07, 6.45) is 2.31. The Labute approximate surface area is 194 Å². The Morgan fingerprint density at radius 1 is 1.15 bits per heavy atom. The molecule has 2 aromatic heterocycles. The van der Waals surface area contributed by atoms with Crippen molar-refractivity contribution in [2.24, 2.45) is 0 Å². The van der Waals surface area contributed by atoms with Crippen LogP contribution >= 0.6 is 0 Å². The van der Waals surface area contributed by atoms with Crippen molar-refractivity contribution < 1.29 is 18.7 Å². The third kappa shape index (κ3) is 4.09. The Kier molecular flexibility index (Phi) is 6.42. The van der Waals surface area contributed by atoms with Crippen LogP contribution in [0.2, 0.25) is 0 Å². The maximum absolute atomic E-state index is 13.9. The van der Waals surface area contributed by atoms with Gasteiger partial charge in [0.1, 0.15) is 17.0 Å². The summed E-state index contributed by atoms with van der Waals surface area (Å²) in [6.45, 7) is 9.79. The van der Waals surface area contributed by atoms with E-state index >= 15 is 0 Å². The van der Waals surface area contributed by atoms with Crippen LogP contribution < -0.4 is 10.2 Å². The summed E-state index contributed by atoms with van der Waals surface area (Å²) in [5.74, 6) is 0.256. The average molecular weight is 450 g/mol. The maximum Gasteiger partial charge on any atom is 0.275 e. The van der Waals surface area contributed by atoms with E-state index in [0.29, 0.717) is 44.2 Å². The number of carbonyl (C=O) groups is 2. The number of anilines is 1. The fourth-order valence-corrected chi connectivity index (χ4v) is 4.42. The Bertz CT molecular complexity index is 1150. The van der Waals surface area contributed by atoms with Gasteiger partial charge in [-0.1, -0.05) is 12.1 Å². The molecular weight excluding hydrogens is 418 g/mol. The number of hydrogen-bond donors (Lipinski definition) is 1. The molecule has 1 N–H and O–H groups in total. The number of fused-ring (bicyclic) bond motifs is 1.